The number of rotatable bonds is 7. The molecule has 0 radical (unpaired) electrons. The third-order valence-corrected chi connectivity index (χ3v) is 4.30. The Kier molecular flexibility index (Phi) is 5.75. The van der Waals surface area contributed by atoms with Crippen LogP contribution in [0.3, 0.4) is 0 Å². The maximum absolute atomic E-state index is 12.6. The fourth-order valence-electron chi connectivity index (χ4n) is 2.60. The molecule has 6 nitrogen and oxygen atoms in total. The Morgan fingerprint density at radius 2 is 1.76 bits per heavy atom. The quantitative estimate of drug-likeness (QED) is 0.807. The van der Waals surface area contributed by atoms with Crippen molar-refractivity contribution in [2.75, 3.05) is 18.0 Å². The zero-order valence-corrected chi connectivity index (χ0v) is 14.8. The molecule has 0 aliphatic rings. The van der Waals surface area contributed by atoms with Crippen molar-refractivity contribution >= 4 is 17.6 Å². The number of nitrogens with zero attached hydrogens (tertiary/aromatic N) is 2. The van der Waals surface area contributed by atoms with Crippen molar-refractivity contribution in [3.63, 3.8) is 0 Å². The van der Waals surface area contributed by atoms with Crippen LogP contribution in [0, 0.1) is 0 Å². The summed E-state index contributed by atoms with van der Waals surface area (Å²) in [6, 6.07) is 12.4. The van der Waals surface area contributed by atoms with E-state index in [1.54, 1.807) is 43.3 Å². The minimum absolute atomic E-state index is 0.374. The van der Waals surface area contributed by atoms with Gasteiger partial charge in [-0.05, 0) is 38.5 Å². The van der Waals surface area contributed by atoms with Crippen LogP contribution < -0.4 is 16.0 Å². The van der Waals surface area contributed by atoms with E-state index in [2.05, 4.69) is 15.2 Å². The average molecular weight is 340 g/mol. The number of pyridine rings is 1. The summed E-state index contributed by atoms with van der Waals surface area (Å²) in [6.45, 7) is 7.36. The highest BCUT2D eigenvalue weighted by molar-refractivity contribution is 5.99. The molecule has 25 heavy (non-hydrogen) atoms. The predicted molar refractivity (Wildman–Crippen MR) is 98.3 cm³/mol. The minimum atomic E-state index is -1.30. The van der Waals surface area contributed by atoms with E-state index in [1.165, 1.54) is 6.20 Å². The molecule has 1 atom stereocenters. The van der Waals surface area contributed by atoms with Crippen molar-refractivity contribution in [3.8, 4) is 0 Å². The Hall–Kier alpha value is -2.89. The lowest BCUT2D eigenvalue weighted by Crippen LogP contribution is -2.52. The van der Waals surface area contributed by atoms with Gasteiger partial charge in [0.25, 0.3) is 5.91 Å². The van der Waals surface area contributed by atoms with Crippen LogP contribution >= 0.6 is 0 Å². The molecule has 2 amide bonds. The summed E-state index contributed by atoms with van der Waals surface area (Å²) in [6.07, 6.45) is 1.51. The van der Waals surface area contributed by atoms with E-state index >= 15 is 0 Å². The van der Waals surface area contributed by atoms with Gasteiger partial charge in [-0.15, -0.1) is 0 Å². The lowest BCUT2D eigenvalue weighted by Gasteiger charge is -2.28. The van der Waals surface area contributed by atoms with Crippen molar-refractivity contribution in [2.45, 2.75) is 26.3 Å². The van der Waals surface area contributed by atoms with Crippen LogP contribution in [-0.4, -0.2) is 29.9 Å². The van der Waals surface area contributed by atoms with Crippen molar-refractivity contribution in [1.82, 2.24) is 10.3 Å². The number of hydrogen-bond acceptors (Lipinski definition) is 4. The number of benzene rings is 1. The number of carbonyl (C=O) groups is 2. The lowest BCUT2D eigenvalue weighted by atomic mass is 9.91. The lowest BCUT2D eigenvalue weighted by molar-refractivity contribution is -0.123. The smallest absolute Gasteiger partial charge is 0.253 e. The van der Waals surface area contributed by atoms with E-state index in [9.17, 15) is 9.59 Å². The van der Waals surface area contributed by atoms with Crippen LogP contribution in [0.1, 0.15) is 36.7 Å². The summed E-state index contributed by atoms with van der Waals surface area (Å²) in [7, 11) is 0. The number of anilines is 1. The molecule has 0 fully saturated rings. The zero-order chi connectivity index (χ0) is 18.4. The molecule has 0 aliphatic heterocycles. The Labute approximate surface area is 148 Å². The van der Waals surface area contributed by atoms with E-state index in [0.717, 1.165) is 18.9 Å². The standard InChI is InChI=1S/C19H24N4O2/c1-4-23(5-2)16-12-11-14(13-21-16)17(24)22-19(3,18(20)25)15-9-7-6-8-10-15/h6-13H,4-5H2,1-3H3,(H2,20,25)(H,22,24). The van der Waals surface area contributed by atoms with Gasteiger partial charge in [0.15, 0.2) is 0 Å². The molecule has 132 valence electrons. The van der Waals surface area contributed by atoms with Gasteiger partial charge in [0, 0.05) is 19.3 Å². The van der Waals surface area contributed by atoms with Gasteiger partial charge < -0.3 is 16.0 Å². The summed E-state index contributed by atoms with van der Waals surface area (Å²) < 4.78 is 0. The molecule has 6 heteroatoms. The minimum Gasteiger partial charge on any atom is -0.367 e. The molecule has 2 rings (SSSR count). The topological polar surface area (TPSA) is 88.3 Å². The first-order chi connectivity index (χ1) is 11.9. The normalized spacial score (nSPS) is 12.9. The highest BCUT2D eigenvalue weighted by Crippen LogP contribution is 2.21. The van der Waals surface area contributed by atoms with E-state index in [-0.39, 0.29) is 0 Å². The van der Waals surface area contributed by atoms with Crippen molar-refractivity contribution in [3.05, 3.63) is 59.8 Å². The maximum Gasteiger partial charge on any atom is 0.253 e. The molecule has 1 heterocycles. The van der Waals surface area contributed by atoms with Crippen LogP contribution in [0.15, 0.2) is 48.7 Å². The fourth-order valence-corrected chi connectivity index (χ4v) is 2.60. The molecule has 0 bridgehead atoms. The highest BCUT2D eigenvalue weighted by Gasteiger charge is 2.35. The Bertz CT molecular complexity index is 727. The van der Waals surface area contributed by atoms with Gasteiger partial charge in [0.1, 0.15) is 11.4 Å². The van der Waals surface area contributed by atoms with E-state index in [1.807, 2.05) is 19.9 Å². The summed E-state index contributed by atoms with van der Waals surface area (Å²) in [4.78, 5) is 31.0. The molecule has 0 saturated carbocycles. The van der Waals surface area contributed by atoms with Crippen molar-refractivity contribution in [2.24, 2.45) is 5.73 Å². The summed E-state index contributed by atoms with van der Waals surface area (Å²) >= 11 is 0. The summed E-state index contributed by atoms with van der Waals surface area (Å²) in [5.41, 5.74) is 5.26. The van der Waals surface area contributed by atoms with Crippen LogP contribution in [0.5, 0.6) is 0 Å². The van der Waals surface area contributed by atoms with Gasteiger partial charge in [-0.25, -0.2) is 4.98 Å². The Morgan fingerprint density at radius 3 is 2.24 bits per heavy atom. The zero-order valence-electron chi connectivity index (χ0n) is 14.8. The van der Waals surface area contributed by atoms with E-state index < -0.39 is 17.4 Å². The molecule has 3 N–H and O–H groups in total. The second kappa shape index (κ2) is 7.79. The number of amides is 2. The molecule has 1 aromatic heterocycles. The summed E-state index contributed by atoms with van der Waals surface area (Å²) in [5, 5.41) is 2.74. The second-order valence-electron chi connectivity index (χ2n) is 5.89. The number of aromatic nitrogens is 1. The van der Waals surface area contributed by atoms with Gasteiger partial charge in [-0.3, -0.25) is 9.59 Å². The first-order valence-electron chi connectivity index (χ1n) is 8.31. The van der Waals surface area contributed by atoms with Gasteiger partial charge in [-0.2, -0.15) is 0 Å². The molecule has 1 aromatic carbocycles. The van der Waals surface area contributed by atoms with Gasteiger partial charge in [0.2, 0.25) is 5.91 Å². The SMILES string of the molecule is CCN(CC)c1ccc(C(=O)NC(C)(C(N)=O)c2ccccc2)cn1. The van der Waals surface area contributed by atoms with Crippen LogP contribution in [0.4, 0.5) is 5.82 Å². The maximum atomic E-state index is 12.6. The number of primary amides is 1. The molecule has 0 aliphatic carbocycles. The largest absolute Gasteiger partial charge is 0.367 e. The molecule has 0 saturated heterocycles. The monoisotopic (exact) mass is 340 g/mol. The van der Waals surface area contributed by atoms with E-state index in [0.29, 0.717) is 11.1 Å². The fraction of sp³-hybridized carbons (Fsp3) is 0.316. The Morgan fingerprint density at radius 1 is 1.12 bits per heavy atom. The molecule has 0 spiro atoms. The first-order valence-corrected chi connectivity index (χ1v) is 8.31. The third kappa shape index (κ3) is 3.96. The van der Waals surface area contributed by atoms with Crippen molar-refractivity contribution in [1.29, 1.82) is 0 Å². The number of carbonyl (C=O) groups excluding carboxylic acids is 2. The van der Waals surface area contributed by atoms with Crippen LogP contribution in [-0.2, 0) is 10.3 Å². The molecule has 2 aromatic rings. The Balaban J connectivity index is 2.23. The van der Waals surface area contributed by atoms with Crippen molar-refractivity contribution < 1.29 is 9.59 Å². The van der Waals surface area contributed by atoms with Crippen LogP contribution in [0.25, 0.3) is 0 Å². The van der Waals surface area contributed by atoms with Gasteiger partial charge >= 0.3 is 0 Å². The number of hydrogen-bond donors (Lipinski definition) is 2. The summed E-state index contributed by atoms with van der Waals surface area (Å²) in [5.74, 6) is -0.217. The second-order valence-corrected chi connectivity index (χ2v) is 5.89. The van der Waals surface area contributed by atoms with E-state index in [4.69, 9.17) is 5.73 Å². The van der Waals surface area contributed by atoms with Gasteiger partial charge in [-0.1, -0.05) is 30.3 Å². The highest BCUT2D eigenvalue weighted by atomic mass is 16.2. The van der Waals surface area contributed by atoms with Crippen LogP contribution in [0.2, 0.25) is 0 Å². The molecular formula is C19H24N4O2. The molecular weight excluding hydrogens is 316 g/mol. The third-order valence-electron chi connectivity index (χ3n) is 4.30. The first kappa shape index (κ1) is 18.4. The molecule has 1 unspecified atom stereocenters. The number of nitrogens with one attached hydrogen (secondary N) is 1. The predicted octanol–water partition coefficient (Wildman–Crippen LogP) is 2.06. The average Bonchev–Trinajstić information content (AvgIpc) is 2.63. The number of nitrogens with two attached hydrogens (primary N) is 1. The van der Waals surface area contributed by atoms with Gasteiger partial charge in [0.05, 0.1) is 5.56 Å².